The van der Waals surface area contributed by atoms with E-state index in [0.717, 1.165) is 12.1 Å². The monoisotopic (exact) mass is 461 g/mol. The Morgan fingerprint density at radius 2 is 1.77 bits per heavy atom. The Labute approximate surface area is 194 Å². The zero-order chi connectivity index (χ0) is 22.1. The van der Waals surface area contributed by atoms with Gasteiger partial charge in [0.25, 0.3) is 0 Å². The van der Waals surface area contributed by atoms with Gasteiger partial charge >= 0.3 is 6.03 Å². The van der Waals surface area contributed by atoms with Crippen LogP contribution in [0.1, 0.15) is 44.9 Å². The van der Waals surface area contributed by atoms with E-state index in [9.17, 15) is 9.59 Å². The average Bonchev–Trinajstić information content (AvgIpc) is 3.28. The first-order valence-corrected chi connectivity index (χ1v) is 11.6. The van der Waals surface area contributed by atoms with E-state index < -0.39 is 0 Å². The summed E-state index contributed by atoms with van der Waals surface area (Å²) in [7, 11) is 0. The summed E-state index contributed by atoms with van der Waals surface area (Å²) in [5.74, 6) is 0.835. The van der Waals surface area contributed by atoms with Crippen LogP contribution in [0.25, 0.3) is 0 Å². The Morgan fingerprint density at radius 1 is 1.03 bits per heavy atom. The summed E-state index contributed by atoms with van der Waals surface area (Å²) < 4.78 is 0. The lowest BCUT2D eigenvalue weighted by molar-refractivity contribution is -0.118. The second-order valence-electron chi connectivity index (χ2n) is 7.93. The summed E-state index contributed by atoms with van der Waals surface area (Å²) in [6.07, 6.45) is 7.25. The Kier molecular flexibility index (Phi) is 9.04. The lowest BCUT2D eigenvalue weighted by Crippen LogP contribution is -2.35. The Balaban J connectivity index is 1.48. The van der Waals surface area contributed by atoms with Crippen molar-refractivity contribution in [3.63, 3.8) is 0 Å². The van der Waals surface area contributed by atoms with Gasteiger partial charge in [0.1, 0.15) is 0 Å². The lowest BCUT2D eigenvalue weighted by atomic mass is 10.0. The van der Waals surface area contributed by atoms with Gasteiger partial charge in [-0.25, -0.2) is 4.79 Å². The first kappa shape index (κ1) is 23.4. The van der Waals surface area contributed by atoms with Gasteiger partial charge in [-0.2, -0.15) is 0 Å². The highest BCUT2D eigenvalue weighted by Crippen LogP contribution is 2.29. The molecule has 3 amide bonds. The number of hydrogen-bond acceptors (Lipinski definition) is 2. The molecule has 0 radical (unpaired) electrons. The van der Waals surface area contributed by atoms with Crippen molar-refractivity contribution in [2.45, 2.75) is 44.9 Å². The van der Waals surface area contributed by atoms with Crippen molar-refractivity contribution >= 4 is 46.5 Å². The van der Waals surface area contributed by atoms with Crippen molar-refractivity contribution in [2.24, 2.45) is 5.92 Å². The van der Waals surface area contributed by atoms with Crippen molar-refractivity contribution in [2.75, 3.05) is 23.3 Å². The van der Waals surface area contributed by atoms with Crippen LogP contribution >= 0.6 is 23.2 Å². The van der Waals surface area contributed by atoms with Gasteiger partial charge in [0.05, 0.1) is 10.7 Å². The molecule has 0 atom stereocenters. The highest BCUT2D eigenvalue weighted by molar-refractivity contribution is 6.36. The number of para-hydroxylation sites is 1. The molecular formula is C24H29Cl2N3O2. The number of benzene rings is 2. The lowest BCUT2D eigenvalue weighted by Gasteiger charge is -2.24. The first-order chi connectivity index (χ1) is 15.0. The van der Waals surface area contributed by atoms with Crippen LogP contribution in [0.4, 0.5) is 16.2 Å². The van der Waals surface area contributed by atoms with Crippen molar-refractivity contribution in [1.29, 1.82) is 0 Å². The number of halogens is 2. The molecule has 2 N–H and O–H groups in total. The predicted molar refractivity (Wildman–Crippen MR) is 128 cm³/mol. The van der Waals surface area contributed by atoms with Crippen molar-refractivity contribution in [1.82, 2.24) is 5.32 Å². The average molecular weight is 462 g/mol. The second kappa shape index (κ2) is 12.0. The van der Waals surface area contributed by atoms with Gasteiger partial charge in [-0.15, -0.1) is 0 Å². The summed E-state index contributed by atoms with van der Waals surface area (Å²) in [5, 5.41) is 6.42. The van der Waals surface area contributed by atoms with E-state index in [-0.39, 0.29) is 11.9 Å². The molecule has 0 bridgehead atoms. The van der Waals surface area contributed by atoms with Crippen LogP contribution in [-0.2, 0) is 4.79 Å². The summed E-state index contributed by atoms with van der Waals surface area (Å²) in [6.45, 7) is 0.992. The highest BCUT2D eigenvalue weighted by Gasteiger charge is 2.20. The van der Waals surface area contributed by atoms with E-state index in [1.165, 1.54) is 25.7 Å². The van der Waals surface area contributed by atoms with Gasteiger partial charge in [-0.05, 0) is 49.1 Å². The Hall–Kier alpha value is -2.24. The number of nitrogens with one attached hydrogen (secondary N) is 2. The van der Waals surface area contributed by atoms with E-state index in [4.69, 9.17) is 23.2 Å². The number of urea groups is 1. The minimum absolute atomic E-state index is 0.149. The summed E-state index contributed by atoms with van der Waals surface area (Å²) >= 11 is 12.0. The van der Waals surface area contributed by atoms with Crippen molar-refractivity contribution in [3.8, 4) is 0 Å². The van der Waals surface area contributed by atoms with Crippen LogP contribution in [0, 0.1) is 5.92 Å². The first-order valence-electron chi connectivity index (χ1n) is 10.9. The minimum atomic E-state index is -0.344. The largest absolute Gasteiger partial charge is 0.338 e. The molecule has 0 saturated heterocycles. The van der Waals surface area contributed by atoms with Gasteiger partial charge in [0.2, 0.25) is 5.91 Å². The molecule has 1 saturated carbocycles. The predicted octanol–water partition coefficient (Wildman–Crippen LogP) is 6.51. The van der Waals surface area contributed by atoms with Crippen molar-refractivity contribution < 1.29 is 9.59 Å². The molecule has 0 spiro atoms. The molecule has 3 rings (SSSR count). The summed E-state index contributed by atoms with van der Waals surface area (Å²) in [6, 6.07) is 14.3. The van der Waals surface area contributed by atoms with Gasteiger partial charge in [-0.1, -0.05) is 67.1 Å². The van der Waals surface area contributed by atoms with Crippen LogP contribution in [0.5, 0.6) is 0 Å². The molecule has 1 aliphatic carbocycles. The number of hydrogen-bond donors (Lipinski definition) is 2. The number of rotatable bonds is 9. The molecule has 31 heavy (non-hydrogen) atoms. The Morgan fingerprint density at radius 3 is 2.48 bits per heavy atom. The molecule has 0 unspecified atom stereocenters. The maximum atomic E-state index is 12.9. The maximum absolute atomic E-state index is 12.9. The normalized spacial score (nSPS) is 13.7. The fourth-order valence-electron chi connectivity index (χ4n) is 3.96. The highest BCUT2D eigenvalue weighted by atomic mass is 35.5. The molecule has 7 heteroatoms. The van der Waals surface area contributed by atoms with Crippen LogP contribution in [-0.4, -0.2) is 25.0 Å². The quantitative estimate of drug-likeness (QED) is 0.418. The van der Waals surface area contributed by atoms with Crippen LogP contribution in [0.3, 0.4) is 0 Å². The molecule has 166 valence electrons. The zero-order valence-corrected chi connectivity index (χ0v) is 19.1. The van der Waals surface area contributed by atoms with E-state index in [1.807, 2.05) is 35.2 Å². The maximum Gasteiger partial charge on any atom is 0.319 e. The molecule has 1 fully saturated rings. The summed E-state index contributed by atoms with van der Waals surface area (Å²) in [4.78, 5) is 26.9. The number of carbonyl (C=O) groups excluding carboxylic acids is 2. The SMILES string of the molecule is O=C(NCCCN(C(=O)CCC1CCCC1)c1ccccc1)Nc1ccc(Cl)cc1Cl. The van der Waals surface area contributed by atoms with Crippen LogP contribution in [0.15, 0.2) is 48.5 Å². The van der Waals surface area contributed by atoms with E-state index >= 15 is 0 Å². The summed E-state index contributed by atoms with van der Waals surface area (Å²) in [5.41, 5.74) is 1.40. The molecule has 2 aromatic rings. The molecule has 0 aliphatic heterocycles. The van der Waals surface area contributed by atoms with Gasteiger partial charge in [0.15, 0.2) is 0 Å². The molecule has 0 aromatic heterocycles. The second-order valence-corrected chi connectivity index (χ2v) is 8.77. The number of anilines is 2. The molecule has 5 nitrogen and oxygen atoms in total. The fourth-order valence-corrected chi connectivity index (χ4v) is 4.42. The number of carbonyl (C=O) groups is 2. The van der Waals surface area contributed by atoms with Gasteiger partial charge in [0, 0.05) is 30.2 Å². The molecule has 2 aromatic carbocycles. The molecular weight excluding hydrogens is 433 g/mol. The third kappa shape index (κ3) is 7.44. The van der Waals surface area contributed by atoms with E-state index in [0.29, 0.717) is 47.6 Å². The fraction of sp³-hybridized carbons (Fsp3) is 0.417. The number of nitrogens with zero attached hydrogens (tertiary/aromatic N) is 1. The van der Waals surface area contributed by atoms with Gasteiger partial charge < -0.3 is 15.5 Å². The van der Waals surface area contributed by atoms with Crippen molar-refractivity contribution in [3.05, 3.63) is 58.6 Å². The van der Waals surface area contributed by atoms with Gasteiger partial charge in [-0.3, -0.25) is 4.79 Å². The van der Waals surface area contributed by atoms with E-state index in [2.05, 4.69) is 10.6 Å². The van der Waals surface area contributed by atoms with E-state index in [1.54, 1.807) is 18.2 Å². The third-order valence-electron chi connectivity index (χ3n) is 5.63. The number of amides is 3. The standard InChI is InChI=1S/C24H29Cl2N3O2/c25-19-12-13-22(21(26)17-19)28-24(31)27-15-6-16-29(20-9-2-1-3-10-20)23(30)14-11-18-7-4-5-8-18/h1-3,9-10,12-13,17-18H,4-8,11,14-16H2,(H2,27,28,31). The van der Waals surface area contributed by atoms with Crippen LogP contribution < -0.4 is 15.5 Å². The zero-order valence-electron chi connectivity index (χ0n) is 17.6. The molecule has 1 aliphatic rings. The van der Waals surface area contributed by atoms with Crippen LogP contribution in [0.2, 0.25) is 10.0 Å². The third-order valence-corrected chi connectivity index (χ3v) is 6.18. The molecule has 0 heterocycles. The smallest absolute Gasteiger partial charge is 0.319 e. The Bertz CT molecular complexity index is 870. The topological polar surface area (TPSA) is 61.4 Å². The minimum Gasteiger partial charge on any atom is -0.338 e.